The van der Waals surface area contributed by atoms with Crippen LogP contribution in [0.2, 0.25) is 0 Å². The number of benzene rings is 1. The molecule has 2 aromatic rings. The quantitative estimate of drug-likeness (QED) is 0.435. The third-order valence-electron chi connectivity index (χ3n) is 3.94. The summed E-state index contributed by atoms with van der Waals surface area (Å²) in [6, 6.07) is 6.33. The summed E-state index contributed by atoms with van der Waals surface area (Å²) >= 11 is 1.43. The van der Waals surface area contributed by atoms with Gasteiger partial charge in [0.05, 0.1) is 18.8 Å². The number of hydrogen-bond donors (Lipinski definition) is 2. The van der Waals surface area contributed by atoms with Crippen LogP contribution in [0.25, 0.3) is 0 Å². The van der Waals surface area contributed by atoms with Gasteiger partial charge in [0.15, 0.2) is 0 Å². The van der Waals surface area contributed by atoms with E-state index in [2.05, 4.69) is 5.48 Å². The maximum Gasteiger partial charge on any atom is 0.276 e. The fraction of sp³-hybridized carbons (Fsp3) is 0.333. The molecule has 2 rings (SSSR count). The van der Waals surface area contributed by atoms with Gasteiger partial charge in [-0.05, 0) is 36.9 Å². The van der Waals surface area contributed by atoms with Gasteiger partial charge in [0.1, 0.15) is 5.82 Å². The highest BCUT2D eigenvalue weighted by molar-refractivity contribution is 7.98. The summed E-state index contributed by atoms with van der Waals surface area (Å²) in [5.74, 6) is -0.957. The molecule has 8 heteroatoms. The molecular formula is C18H21FN2O4S. The first-order valence-corrected chi connectivity index (χ1v) is 9.16. The molecule has 1 heterocycles. The molecule has 0 bridgehead atoms. The van der Waals surface area contributed by atoms with Crippen LogP contribution in [0.5, 0.6) is 0 Å². The lowest BCUT2D eigenvalue weighted by Gasteiger charge is -2.16. The number of carbonyl (C=O) groups is 1. The predicted octanol–water partition coefficient (Wildman–Crippen LogP) is 1.80. The monoisotopic (exact) mass is 380 g/mol. The van der Waals surface area contributed by atoms with Crippen LogP contribution in [0.3, 0.4) is 0 Å². The van der Waals surface area contributed by atoms with Crippen molar-refractivity contribution < 1.29 is 19.1 Å². The number of halogens is 1. The highest BCUT2D eigenvalue weighted by Gasteiger charge is 2.18. The number of aryl methyl sites for hydroxylation is 1. The number of amides is 1. The number of nitrogens with zero attached hydrogens (tertiary/aromatic N) is 1. The van der Waals surface area contributed by atoms with Crippen molar-refractivity contribution in [1.29, 1.82) is 0 Å². The van der Waals surface area contributed by atoms with E-state index >= 15 is 0 Å². The smallest absolute Gasteiger partial charge is 0.276 e. The minimum absolute atomic E-state index is 0.0589. The Morgan fingerprint density at radius 1 is 1.38 bits per heavy atom. The van der Waals surface area contributed by atoms with Crippen LogP contribution in [0.1, 0.15) is 27.2 Å². The molecule has 1 amide bonds. The van der Waals surface area contributed by atoms with Gasteiger partial charge in [0, 0.05) is 29.6 Å². The second-order valence-corrected chi connectivity index (χ2v) is 6.57. The molecule has 0 fully saturated rings. The Labute approximate surface area is 154 Å². The van der Waals surface area contributed by atoms with Crippen LogP contribution in [0, 0.1) is 12.7 Å². The molecule has 0 saturated carbocycles. The van der Waals surface area contributed by atoms with E-state index in [1.54, 1.807) is 26.1 Å². The third kappa shape index (κ3) is 4.51. The molecule has 1 aromatic heterocycles. The van der Waals surface area contributed by atoms with E-state index in [-0.39, 0.29) is 30.8 Å². The molecule has 140 valence electrons. The Morgan fingerprint density at radius 2 is 2.12 bits per heavy atom. The minimum Gasteiger partial charge on any atom is -0.394 e. The van der Waals surface area contributed by atoms with Gasteiger partial charge in [-0.3, -0.25) is 14.4 Å². The van der Waals surface area contributed by atoms with Crippen molar-refractivity contribution in [3.05, 3.63) is 62.8 Å². The number of hydroxylamine groups is 1. The van der Waals surface area contributed by atoms with Crippen molar-refractivity contribution in [1.82, 2.24) is 10.0 Å². The van der Waals surface area contributed by atoms with Crippen molar-refractivity contribution in [2.24, 2.45) is 7.05 Å². The first-order valence-electron chi connectivity index (χ1n) is 7.94. The number of nitrogens with one attached hydrogen (secondary N) is 1. The molecule has 0 aliphatic heterocycles. The van der Waals surface area contributed by atoms with E-state index in [4.69, 9.17) is 9.94 Å². The normalized spacial score (nSPS) is 10.8. The first-order chi connectivity index (χ1) is 12.4. The largest absolute Gasteiger partial charge is 0.394 e. The molecule has 0 aliphatic carbocycles. The van der Waals surface area contributed by atoms with Gasteiger partial charge in [-0.2, -0.15) is 0 Å². The second-order valence-electron chi connectivity index (χ2n) is 5.69. The Hall–Kier alpha value is -2.16. The number of hydrogen-bond acceptors (Lipinski definition) is 5. The van der Waals surface area contributed by atoms with Gasteiger partial charge in [-0.25, -0.2) is 9.87 Å². The van der Waals surface area contributed by atoms with Crippen molar-refractivity contribution in [2.45, 2.75) is 18.2 Å². The number of aliphatic hydroxyl groups is 1. The van der Waals surface area contributed by atoms with Gasteiger partial charge in [0.25, 0.3) is 11.5 Å². The molecular weight excluding hydrogens is 359 g/mol. The van der Waals surface area contributed by atoms with Crippen molar-refractivity contribution in [3.8, 4) is 0 Å². The van der Waals surface area contributed by atoms with Crippen LogP contribution in [0.4, 0.5) is 4.39 Å². The molecule has 0 aliphatic rings. The van der Waals surface area contributed by atoms with Crippen LogP contribution in [-0.4, -0.2) is 35.1 Å². The lowest BCUT2D eigenvalue weighted by atomic mass is 10.0. The number of pyridine rings is 1. The molecule has 0 atom stereocenters. The van der Waals surface area contributed by atoms with Gasteiger partial charge in [0.2, 0.25) is 0 Å². The number of rotatable bonds is 7. The number of aliphatic hydroxyl groups excluding tert-OH is 1. The number of aromatic nitrogens is 1. The van der Waals surface area contributed by atoms with Gasteiger partial charge >= 0.3 is 0 Å². The molecule has 26 heavy (non-hydrogen) atoms. The molecule has 2 N–H and O–H groups in total. The summed E-state index contributed by atoms with van der Waals surface area (Å²) in [7, 11) is 1.55. The maximum atomic E-state index is 14.4. The highest BCUT2D eigenvalue weighted by Crippen LogP contribution is 2.21. The molecule has 0 unspecified atom stereocenters. The average Bonchev–Trinajstić information content (AvgIpc) is 2.63. The zero-order chi connectivity index (χ0) is 19.3. The lowest BCUT2D eigenvalue weighted by Crippen LogP contribution is -2.31. The zero-order valence-corrected chi connectivity index (χ0v) is 15.7. The molecule has 0 spiro atoms. The predicted molar refractivity (Wildman–Crippen MR) is 97.9 cm³/mol. The van der Waals surface area contributed by atoms with Gasteiger partial charge in [-0.1, -0.05) is 6.07 Å². The van der Waals surface area contributed by atoms with E-state index in [1.165, 1.54) is 28.5 Å². The topological polar surface area (TPSA) is 80.6 Å². The molecule has 6 nitrogen and oxygen atoms in total. The van der Waals surface area contributed by atoms with E-state index in [9.17, 15) is 14.0 Å². The lowest BCUT2D eigenvalue weighted by molar-refractivity contribution is 0.0167. The molecule has 0 radical (unpaired) electrons. The standard InChI is InChI=1S/C18H21FN2O4S/c1-11-8-14(17(23)20-25-7-6-22)16(21(2)18(11)24)9-12-4-5-13(26-3)10-15(12)19/h4-5,8,10,22H,6-7,9H2,1-3H3,(H,20,23). The summed E-state index contributed by atoms with van der Waals surface area (Å²) in [6.45, 7) is 1.30. The van der Waals surface area contributed by atoms with Crippen LogP contribution in [0.15, 0.2) is 34.0 Å². The molecule has 0 saturated heterocycles. The molecule has 1 aromatic carbocycles. The van der Waals surface area contributed by atoms with Crippen LogP contribution >= 0.6 is 11.8 Å². The summed E-state index contributed by atoms with van der Waals surface area (Å²) in [5.41, 5.74) is 3.33. The number of carbonyl (C=O) groups excluding carboxylic acids is 1. The van der Waals surface area contributed by atoms with Crippen molar-refractivity contribution in [3.63, 3.8) is 0 Å². The summed E-state index contributed by atoms with van der Waals surface area (Å²) in [6.07, 6.45) is 1.93. The Bertz CT molecular complexity index is 867. The summed E-state index contributed by atoms with van der Waals surface area (Å²) in [5, 5.41) is 8.73. The van der Waals surface area contributed by atoms with E-state index in [1.807, 2.05) is 6.26 Å². The Morgan fingerprint density at radius 3 is 2.73 bits per heavy atom. The fourth-order valence-electron chi connectivity index (χ4n) is 2.54. The van der Waals surface area contributed by atoms with Crippen molar-refractivity contribution >= 4 is 17.7 Å². The van der Waals surface area contributed by atoms with Gasteiger partial charge < -0.3 is 9.67 Å². The van der Waals surface area contributed by atoms with E-state index in [0.29, 0.717) is 16.8 Å². The average molecular weight is 380 g/mol. The van der Waals surface area contributed by atoms with E-state index in [0.717, 1.165) is 4.90 Å². The third-order valence-corrected chi connectivity index (χ3v) is 4.66. The first kappa shape index (κ1) is 20.2. The Balaban J connectivity index is 2.44. The maximum absolute atomic E-state index is 14.4. The number of thioether (sulfide) groups is 1. The highest BCUT2D eigenvalue weighted by atomic mass is 32.2. The van der Waals surface area contributed by atoms with Gasteiger partial charge in [-0.15, -0.1) is 11.8 Å². The van der Waals surface area contributed by atoms with Crippen LogP contribution in [-0.2, 0) is 18.3 Å². The van der Waals surface area contributed by atoms with E-state index < -0.39 is 11.7 Å². The summed E-state index contributed by atoms with van der Waals surface area (Å²) < 4.78 is 15.7. The van der Waals surface area contributed by atoms with Crippen LogP contribution < -0.4 is 11.0 Å². The SMILES string of the molecule is CSc1ccc(Cc2c(C(=O)NOCCO)cc(C)c(=O)n2C)c(F)c1. The minimum atomic E-state index is -0.562. The van der Waals surface area contributed by atoms with Crippen molar-refractivity contribution in [2.75, 3.05) is 19.5 Å². The fourth-order valence-corrected chi connectivity index (χ4v) is 2.96. The second kappa shape index (κ2) is 8.98. The summed E-state index contributed by atoms with van der Waals surface area (Å²) in [4.78, 5) is 30.3. The Kier molecular flexibility index (Phi) is 6.96. The zero-order valence-electron chi connectivity index (χ0n) is 14.8.